The molecule has 1 aliphatic rings. The summed E-state index contributed by atoms with van der Waals surface area (Å²) < 4.78 is 0. The molecule has 1 N–H and O–H groups in total. The Hall–Kier alpha value is -2.16. The van der Waals surface area contributed by atoms with Crippen LogP contribution in [0.1, 0.15) is 5.56 Å². The number of benzene rings is 1. The van der Waals surface area contributed by atoms with Crippen LogP contribution in [0.5, 0.6) is 0 Å². The summed E-state index contributed by atoms with van der Waals surface area (Å²) in [5, 5.41) is 11.3. The SMILES string of the molecule is C1=Cc2ccccc2-c2nnccc2N1. The van der Waals surface area contributed by atoms with Gasteiger partial charge in [0.05, 0.1) is 11.9 Å². The predicted octanol–water partition coefficient (Wildman–Crippen LogP) is 2.54. The maximum atomic E-state index is 4.17. The lowest BCUT2D eigenvalue weighted by Crippen LogP contribution is -1.93. The number of nitrogens with zero attached hydrogens (tertiary/aromatic N) is 2. The Kier molecular flexibility index (Phi) is 1.75. The average Bonchev–Trinajstić information content (AvgIpc) is 2.48. The van der Waals surface area contributed by atoms with E-state index >= 15 is 0 Å². The van der Waals surface area contributed by atoms with E-state index in [0.29, 0.717) is 0 Å². The molecular formula is C12H9N3. The molecule has 3 rings (SSSR count). The number of hydrogen-bond donors (Lipinski definition) is 1. The molecule has 0 bridgehead atoms. The summed E-state index contributed by atoms with van der Waals surface area (Å²) in [5.41, 5.74) is 4.16. The minimum absolute atomic E-state index is 0.901. The summed E-state index contributed by atoms with van der Waals surface area (Å²) >= 11 is 0. The molecule has 0 spiro atoms. The van der Waals surface area contributed by atoms with E-state index in [1.807, 2.05) is 30.5 Å². The first kappa shape index (κ1) is 8.17. The zero-order valence-electron chi connectivity index (χ0n) is 8.01. The van der Waals surface area contributed by atoms with Crippen molar-refractivity contribution in [3.05, 3.63) is 48.3 Å². The third-order valence-electron chi connectivity index (χ3n) is 2.44. The van der Waals surface area contributed by atoms with Gasteiger partial charge in [-0.1, -0.05) is 24.3 Å². The van der Waals surface area contributed by atoms with Crippen LogP contribution < -0.4 is 5.32 Å². The summed E-state index contributed by atoms with van der Waals surface area (Å²) in [6, 6.07) is 10.1. The Balaban J connectivity index is 2.33. The quantitative estimate of drug-likeness (QED) is 0.702. The van der Waals surface area contributed by atoms with Crippen molar-refractivity contribution < 1.29 is 0 Å². The summed E-state index contributed by atoms with van der Waals surface area (Å²) in [6.07, 6.45) is 5.65. The van der Waals surface area contributed by atoms with Crippen molar-refractivity contribution in [2.24, 2.45) is 0 Å². The van der Waals surface area contributed by atoms with Gasteiger partial charge in [-0.2, -0.15) is 5.10 Å². The van der Waals surface area contributed by atoms with Crippen molar-refractivity contribution in [3.63, 3.8) is 0 Å². The van der Waals surface area contributed by atoms with Gasteiger partial charge in [-0.05, 0) is 17.7 Å². The minimum Gasteiger partial charge on any atom is -0.360 e. The first-order chi connectivity index (χ1) is 7.45. The normalized spacial score (nSPS) is 12.3. The van der Waals surface area contributed by atoms with Gasteiger partial charge < -0.3 is 5.32 Å². The lowest BCUT2D eigenvalue weighted by atomic mass is 10.0. The zero-order chi connectivity index (χ0) is 10.1. The molecular weight excluding hydrogens is 186 g/mol. The fourth-order valence-corrected chi connectivity index (χ4v) is 1.73. The summed E-state index contributed by atoms with van der Waals surface area (Å²) in [5.74, 6) is 0. The van der Waals surface area contributed by atoms with Gasteiger partial charge in [0, 0.05) is 11.8 Å². The summed E-state index contributed by atoms with van der Waals surface area (Å²) in [7, 11) is 0. The highest BCUT2D eigenvalue weighted by Crippen LogP contribution is 2.30. The monoisotopic (exact) mass is 195 g/mol. The number of anilines is 1. The molecule has 3 nitrogen and oxygen atoms in total. The fourth-order valence-electron chi connectivity index (χ4n) is 1.73. The van der Waals surface area contributed by atoms with Crippen LogP contribution in [0.3, 0.4) is 0 Å². The largest absolute Gasteiger partial charge is 0.360 e. The highest BCUT2D eigenvalue weighted by atomic mass is 15.1. The number of rotatable bonds is 0. The van der Waals surface area contributed by atoms with E-state index in [1.165, 1.54) is 0 Å². The van der Waals surface area contributed by atoms with Crippen LogP contribution in [0.15, 0.2) is 42.7 Å². The van der Waals surface area contributed by atoms with Gasteiger partial charge in [0.25, 0.3) is 0 Å². The van der Waals surface area contributed by atoms with Crippen LogP contribution in [0, 0.1) is 0 Å². The third kappa shape index (κ3) is 1.29. The van der Waals surface area contributed by atoms with E-state index < -0.39 is 0 Å². The lowest BCUT2D eigenvalue weighted by Gasteiger charge is -2.05. The molecule has 0 radical (unpaired) electrons. The Labute approximate surface area is 87.5 Å². The van der Waals surface area contributed by atoms with Crippen LogP contribution in [0.4, 0.5) is 5.69 Å². The highest BCUT2D eigenvalue weighted by molar-refractivity contribution is 5.83. The predicted molar refractivity (Wildman–Crippen MR) is 60.1 cm³/mol. The molecule has 1 aromatic carbocycles. The third-order valence-corrected chi connectivity index (χ3v) is 2.44. The van der Waals surface area contributed by atoms with Gasteiger partial charge in [-0.15, -0.1) is 5.10 Å². The average molecular weight is 195 g/mol. The Morgan fingerprint density at radius 3 is 3.00 bits per heavy atom. The van der Waals surface area contributed by atoms with Crippen molar-refractivity contribution in [3.8, 4) is 11.3 Å². The van der Waals surface area contributed by atoms with Crippen LogP contribution in [-0.4, -0.2) is 10.2 Å². The van der Waals surface area contributed by atoms with Crippen LogP contribution in [0.2, 0.25) is 0 Å². The Morgan fingerprint density at radius 2 is 2.00 bits per heavy atom. The van der Waals surface area contributed by atoms with E-state index in [4.69, 9.17) is 0 Å². The molecule has 0 amide bonds. The Bertz CT molecular complexity index is 532. The first-order valence-electron chi connectivity index (χ1n) is 4.79. The van der Waals surface area contributed by atoms with E-state index in [2.05, 4.69) is 27.6 Å². The Morgan fingerprint density at radius 1 is 1.07 bits per heavy atom. The minimum atomic E-state index is 0.901. The molecule has 72 valence electrons. The van der Waals surface area contributed by atoms with Crippen molar-refractivity contribution in [1.82, 2.24) is 10.2 Å². The number of aromatic nitrogens is 2. The van der Waals surface area contributed by atoms with Gasteiger partial charge in [-0.3, -0.25) is 0 Å². The van der Waals surface area contributed by atoms with Crippen molar-refractivity contribution in [2.45, 2.75) is 0 Å². The van der Waals surface area contributed by atoms with Gasteiger partial charge in [0.15, 0.2) is 0 Å². The van der Waals surface area contributed by atoms with Crippen molar-refractivity contribution >= 4 is 11.8 Å². The van der Waals surface area contributed by atoms with Gasteiger partial charge >= 0.3 is 0 Å². The molecule has 1 aromatic heterocycles. The van der Waals surface area contributed by atoms with Gasteiger partial charge in [0.2, 0.25) is 0 Å². The van der Waals surface area contributed by atoms with Gasteiger partial charge in [-0.25, -0.2) is 0 Å². The maximum absolute atomic E-state index is 4.17. The van der Waals surface area contributed by atoms with Gasteiger partial charge in [0.1, 0.15) is 5.69 Å². The fraction of sp³-hybridized carbons (Fsp3) is 0. The van der Waals surface area contributed by atoms with Crippen molar-refractivity contribution in [1.29, 1.82) is 0 Å². The second-order valence-electron chi connectivity index (χ2n) is 3.36. The lowest BCUT2D eigenvalue weighted by molar-refractivity contribution is 1.04. The smallest absolute Gasteiger partial charge is 0.117 e. The van der Waals surface area contributed by atoms with E-state index in [-0.39, 0.29) is 0 Å². The molecule has 0 fully saturated rings. The summed E-state index contributed by atoms with van der Waals surface area (Å²) in [6.45, 7) is 0. The van der Waals surface area contributed by atoms with E-state index in [9.17, 15) is 0 Å². The molecule has 0 unspecified atom stereocenters. The molecule has 0 atom stereocenters. The van der Waals surface area contributed by atoms with E-state index in [1.54, 1.807) is 6.20 Å². The highest BCUT2D eigenvalue weighted by Gasteiger charge is 2.11. The molecule has 0 aliphatic carbocycles. The molecule has 2 aromatic rings. The second kappa shape index (κ2) is 3.20. The number of nitrogens with one attached hydrogen (secondary N) is 1. The maximum Gasteiger partial charge on any atom is 0.117 e. The second-order valence-corrected chi connectivity index (χ2v) is 3.36. The summed E-state index contributed by atoms with van der Waals surface area (Å²) in [4.78, 5) is 0. The van der Waals surface area contributed by atoms with E-state index in [0.717, 1.165) is 22.5 Å². The molecule has 2 heterocycles. The molecule has 15 heavy (non-hydrogen) atoms. The first-order valence-corrected chi connectivity index (χ1v) is 4.79. The molecule has 3 heteroatoms. The number of hydrogen-bond acceptors (Lipinski definition) is 3. The molecule has 0 saturated heterocycles. The van der Waals surface area contributed by atoms with Crippen LogP contribution in [-0.2, 0) is 0 Å². The standard InChI is InChI=1S/C12H9N3/c1-2-4-10-9(3-1)5-7-13-11-6-8-14-15-12(10)11/h1-8,13H. The zero-order valence-corrected chi connectivity index (χ0v) is 8.01. The number of fused-ring (bicyclic) bond motifs is 3. The molecule has 1 aliphatic heterocycles. The van der Waals surface area contributed by atoms with Crippen LogP contribution >= 0.6 is 0 Å². The van der Waals surface area contributed by atoms with Crippen molar-refractivity contribution in [2.75, 3.05) is 5.32 Å². The van der Waals surface area contributed by atoms with Crippen LogP contribution in [0.25, 0.3) is 17.3 Å². The molecule has 0 saturated carbocycles. The topological polar surface area (TPSA) is 37.8 Å².